The van der Waals surface area contributed by atoms with E-state index < -0.39 is 41.9 Å². The first kappa shape index (κ1) is 23.8. The number of hydrogen-bond acceptors (Lipinski definition) is 4. The van der Waals surface area contributed by atoms with E-state index in [2.05, 4.69) is 50.5 Å². The first-order valence-corrected chi connectivity index (χ1v) is 10.9. The number of nitrogens with zero attached hydrogens (tertiary/aromatic N) is 1. The van der Waals surface area contributed by atoms with Gasteiger partial charge in [-0.1, -0.05) is 45.2 Å². The van der Waals surface area contributed by atoms with Crippen LogP contribution >= 0.6 is 45.2 Å². The highest BCUT2D eigenvalue weighted by Crippen LogP contribution is 2.25. The Bertz CT molecular complexity index is 676. The van der Waals surface area contributed by atoms with Crippen LogP contribution in [0, 0.1) is 11.6 Å². The van der Waals surface area contributed by atoms with Crippen LogP contribution in [0.25, 0.3) is 0 Å². The Morgan fingerprint density at radius 3 is 2.00 bits per heavy atom. The van der Waals surface area contributed by atoms with E-state index in [4.69, 9.17) is 10.2 Å². The van der Waals surface area contributed by atoms with Crippen LogP contribution in [0.1, 0.15) is 23.2 Å². The molecule has 0 fully saturated rings. The highest BCUT2D eigenvalue weighted by Gasteiger charge is 2.24. The van der Waals surface area contributed by atoms with E-state index in [1.165, 1.54) is 4.90 Å². The molecule has 1 aromatic carbocycles. The summed E-state index contributed by atoms with van der Waals surface area (Å²) in [5.74, 6) is -5.49. The SMILES string of the molecule is O=C(O)CCC(NC(=O)c1cc(F)c(N(CCI)CCI)c(F)c1)C(=O)O. The van der Waals surface area contributed by atoms with Crippen LogP contribution in [0.15, 0.2) is 12.1 Å². The summed E-state index contributed by atoms with van der Waals surface area (Å²) < 4.78 is 30.2. The first-order chi connectivity index (χ1) is 12.7. The normalized spacial score (nSPS) is 11.7. The highest BCUT2D eigenvalue weighted by molar-refractivity contribution is 14.1. The molecule has 0 spiro atoms. The molecule has 150 valence electrons. The summed E-state index contributed by atoms with van der Waals surface area (Å²) in [6, 6.07) is 0.211. The summed E-state index contributed by atoms with van der Waals surface area (Å²) in [6.07, 6.45) is -0.820. The standard InChI is InChI=1S/C16H18F2I2N2O5/c17-10-7-9(8-11(18)14(10)22(5-3-19)6-4-20)15(25)21-12(16(26)27)1-2-13(23)24/h7-8,12H,1-6H2,(H,21,25)(H,23,24)(H,26,27). The number of nitrogens with one attached hydrogen (secondary N) is 1. The van der Waals surface area contributed by atoms with Crippen molar-refractivity contribution in [2.75, 3.05) is 26.8 Å². The summed E-state index contributed by atoms with van der Waals surface area (Å²) >= 11 is 4.18. The third-order valence-electron chi connectivity index (χ3n) is 3.55. The van der Waals surface area contributed by atoms with E-state index in [1.54, 1.807) is 0 Å². The van der Waals surface area contributed by atoms with Gasteiger partial charge in [-0.3, -0.25) is 9.59 Å². The van der Waals surface area contributed by atoms with Gasteiger partial charge in [0.15, 0.2) is 0 Å². The van der Waals surface area contributed by atoms with Crippen LogP contribution in [-0.2, 0) is 9.59 Å². The van der Waals surface area contributed by atoms with Crippen molar-refractivity contribution in [1.29, 1.82) is 0 Å². The van der Waals surface area contributed by atoms with Crippen LogP contribution < -0.4 is 10.2 Å². The van der Waals surface area contributed by atoms with E-state index >= 15 is 0 Å². The van der Waals surface area contributed by atoms with Gasteiger partial charge in [0, 0.05) is 33.9 Å². The Kier molecular flexibility index (Phi) is 10.2. The predicted octanol–water partition coefficient (Wildman–Crippen LogP) is 2.69. The summed E-state index contributed by atoms with van der Waals surface area (Å²) in [6.45, 7) is 0.860. The fourth-order valence-electron chi connectivity index (χ4n) is 2.30. The molecule has 0 bridgehead atoms. The number of carboxylic acid groups (broad SMARTS) is 2. The van der Waals surface area contributed by atoms with Crippen molar-refractivity contribution >= 4 is 68.7 Å². The number of carbonyl (C=O) groups excluding carboxylic acids is 1. The summed E-state index contributed by atoms with van der Waals surface area (Å²) in [4.78, 5) is 35.4. The summed E-state index contributed by atoms with van der Waals surface area (Å²) in [5.41, 5.74) is -0.611. The third-order valence-corrected chi connectivity index (χ3v) is 4.52. The second-order valence-electron chi connectivity index (χ2n) is 5.45. The molecule has 0 aliphatic rings. The maximum absolute atomic E-state index is 14.5. The number of hydrogen-bond donors (Lipinski definition) is 3. The lowest BCUT2D eigenvalue weighted by Gasteiger charge is -2.24. The number of carboxylic acids is 2. The van der Waals surface area contributed by atoms with Crippen molar-refractivity contribution in [2.45, 2.75) is 18.9 Å². The maximum atomic E-state index is 14.5. The maximum Gasteiger partial charge on any atom is 0.326 e. The molecule has 3 N–H and O–H groups in total. The second kappa shape index (κ2) is 11.6. The van der Waals surface area contributed by atoms with Gasteiger partial charge in [-0.05, 0) is 18.6 Å². The van der Waals surface area contributed by atoms with Crippen molar-refractivity contribution in [1.82, 2.24) is 5.32 Å². The molecule has 1 unspecified atom stereocenters. The summed E-state index contributed by atoms with van der Waals surface area (Å²) in [7, 11) is 0. The molecule has 27 heavy (non-hydrogen) atoms. The predicted molar refractivity (Wildman–Crippen MR) is 112 cm³/mol. The van der Waals surface area contributed by atoms with Crippen LogP contribution in [0.4, 0.5) is 14.5 Å². The smallest absolute Gasteiger partial charge is 0.326 e. The Hall–Kier alpha value is -1.25. The van der Waals surface area contributed by atoms with Gasteiger partial charge >= 0.3 is 11.9 Å². The zero-order valence-corrected chi connectivity index (χ0v) is 18.4. The average molecular weight is 610 g/mol. The highest BCUT2D eigenvalue weighted by atomic mass is 127. The fraction of sp³-hybridized carbons (Fsp3) is 0.438. The van der Waals surface area contributed by atoms with Gasteiger partial charge in [0.1, 0.15) is 23.4 Å². The van der Waals surface area contributed by atoms with Gasteiger partial charge in [-0.25, -0.2) is 13.6 Å². The van der Waals surface area contributed by atoms with Crippen molar-refractivity contribution in [3.8, 4) is 0 Å². The Morgan fingerprint density at radius 2 is 1.59 bits per heavy atom. The number of rotatable bonds is 11. The van der Waals surface area contributed by atoms with E-state index in [-0.39, 0.29) is 17.7 Å². The van der Waals surface area contributed by atoms with Gasteiger partial charge in [-0.2, -0.15) is 0 Å². The molecule has 1 rings (SSSR count). The van der Waals surface area contributed by atoms with E-state index in [9.17, 15) is 23.2 Å². The molecular weight excluding hydrogens is 592 g/mol. The van der Waals surface area contributed by atoms with Crippen LogP contribution in [0.2, 0.25) is 0 Å². The quantitative estimate of drug-likeness (QED) is 0.263. The number of carbonyl (C=O) groups is 3. The molecular formula is C16H18F2I2N2O5. The summed E-state index contributed by atoms with van der Waals surface area (Å²) in [5, 5.41) is 19.8. The molecule has 0 saturated carbocycles. The molecule has 0 saturated heterocycles. The number of anilines is 1. The largest absolute Gasteiger partial charge is 0.481 e. The van der Waals surface area contributed by atoms with E-state index in [1.807, 2.05) is 0 Å². The topological polar surface area (TPSA) is 107 Å². The zero-order chi connectivity index (χ0) is 20.6. The average Bonchev–Trinajstić information content (AvgIpc) is 2.57. The van der Waals surface area contributed by atoms with Gasteiger partial charge < -0.3 is 20.4 Å². The van der Waals surface area contributed by atoms with E-state index in [0.717, 1.165) is 12.1 Å². The molecule has 0 aliphatic carbocycles. The molecule has 7 nitrogen and oxygen atoms in total. The number of amides is 1. The Morgan fingerprint density at radius 1 is 1.07 bits per heavy atom. The van der Waals surface area contributed by atoms with Gasteiger partial charge in [0.05, 0.1) is 0 Å². The van der Waals surface area contributed by atoms with Crippen molar-refractivity contribution < 1.29 is 33.4 Å². The Labute approximate surface area is 181 Å². The molecule has 0 heterocycles. The lowest BCUT2D eigenvalue weighted by molar-refractivity contribution is -0.140. The molecule has 0 aliphatic heterocycles. The molecule has 0 aromatic heterocycles. The van der Waals surface area contributed by atoms with Crippen LogP contribution in [0.3, 0.4) is 0 Å². The number of halogens is 4. The van der Waals surface area contributed by atoms with E-state index in [0.29, 0.717) is 21.9 Å². The molecule has 0 radical (unpaired) electrons. The first-order valence-electron chi connectivity index (χ1n) is 7.82. The number of alkyl halides is 2. The molecule has 1 aromatic rings. The van der Waals surface area contributed by atoms with Crippen molar-refractivity contribution in [2.24, 2.45) is 0 Å². The zero-order valence-electron chi connectivity index (χ0n) is 14.1. The minimum atomic E-state index is -1.48. The fourth-order valence-corrected chi connectivity index (χ4v) is 3.47. The van der Waals surface area contributed by atoms with Gasteiger partial charge in [0.2, 0.25) is 0 Å². The van der Waals surface area contributed by atoms with Crippen LogP contribution in [0.5, 0.6) is 0 Å². The third kappa shape index (κ3) is 7.35. The lowest BCUT2D eigenvalue weighted by Crippen LogP contribution is -2.41. The number of aliphatic carboxylic acids is 2. The molecule has 11 heteroatoms. The molecule has 1 amide bonds. The lowest BCUT2D eigenvalue weighted by atomic mass is 10.1. The monoisotopic (exact) mass is 610 g/mol. The second-order valence-corrected chi connectivity index (χ2v) is 7.61. The van der Waals surface area contributed by atoms with Crippen molar-refractivity contribution in [3.05, 3.63) is 29.3 Å². The van der Waals surface area contributed by atoms with Crippen molar-refractivity contribution in [3.63, 3.8) is 0 Å². The molecule has 1 atom stereocenters. The Balaban J connectivity index is 3.04. The van der Waals surface area contributed by atoms with Gasteiger partial charge in [-0.15, -0.1) is 0 Å². The van der Waals surface area contributed by atoms with Gasteiger partial charge in [0.25, 0.3) is 5.91 Å². The minimum absolute atomic E-state index is 0.236. The van der Waals surface area contributed by atoms with Crippen LogP contribution in [-0.4, -0.2) is 56.0 Å². The minimum Gasteiger partial charge on any atom is -0.481 e. The number of benzene rings is 1.